The minimum Gasteiger partial charge on any atom is -0.387 e. The maximum Gasteiger partial charge on any atom is 0.411 e. The summed E-state index contributed by atoms with van der Waals surface area (Å²) in [6, 6.07) is 0. The van der Waals surface area contributed by atoms with Crippen LogP contribution in [0.3, 0.4) is 0 Å². The highest BCUT2D eigenvalue weighted by molar-refractivity contribution is 4.87. The summed E-state index contributed by atoms with van der Waals surface area (Å²) < 4.78 is 39.9. The molecule has 0 radical (unpaired) electrons. The summed E-state index contributed by atoms with van der Waals surface area (Å²) in [5.74, 6) is 0. The molecule has 0 aliphatic carbocycles. The van der Waals surface area contributed by atoms with E-state index in [1.54, 1.807) is 0 Å². The fourth-order valence-electron chi connectivity index (χ4n) is 0.439. The Balaban J connectivity index is 4.21. The van der Waals surface area contributed by atoms with Crippen LogP contribution in [0.15, 0.2) is 0 Å². The molecule has 0 atom stereocenters. The van der Waals surface area contributed by atoms with Gasteiger partial charge in [-0.15, -0.1) is 0 Å². The quantitative estimate of drug-likeness (QED) is 0.756. The number of rotatable bonds is 3. The minimum absolute atomic E-state index is 1.22. The van der Waals surface area contributed by atoms with Gasteiger partial charge in [-0.25, -0.2) is 0 Å². The van der Waals surface area contributed by atoms with Gasteiger partial charge in [-0.3, -0.25) is 0 Å². The van der Waals surface area contributed by atoms with Crippen molar-refractivity contribution in [2.75, 3.05) is 6.61 Å². The molecule has 0 aromatic rings. The van der Waals surface area contributed by atoms with Gasteiger partial charge in [0.1, 0.15) is 6.61 Å². The monoisotopic (exact) mass is 200 g/mol. The summed E-state index contributed by atoms with van der Waals surface area (Å²) in [7, 11) is 0. The first-order chi connectivity index (χ1) is 5.46. The molecule has 0 bridgehead atoms. The first kappa shape index (κ1) is 12.7. The van der Waals surface area contributed by atoms with Crippen molar-refractivity contribution in [3.05, 3.63) is 0 Å². The lowest BCUT2D eigenvalue weighted by Gasteiger charge is -2.37. The van der Waals surface area contributed by atoms with Gasteiger partial charge in [-0.1, -0.05) is 0 Å². The predicted octanol–water partition coefficient (Wildman–Crippen LogP) is 2.11. The molecule has 80 valence electrons. The molecule has 0 fully saturated rings. The van der Waals surface area contributed by atoms with Crippen LogP contribution >= 0.6 is 0 Å². The van der Waals surface area contributed by atoms with E-state index in [1.807, 2.05) is 0 Å². The molecule has 0 unspecified atom stereocenters. The molecule has 1 N–H and O–H groups in total. The SMILES string of the molecule is CC(C)(O)C(C)(C)OCC(F)(F)F. The van der Waals surface area contributed by atoms with Crippen molar-refractivity contribution in [1.29, 1.82) is 0 Å². The van der Waals surface area contributed by atoms with Crippen molar-refractivity contribution in [3.63, 3.8) is 0 Å². The maximum absolute atomic E-state index is 11.8. The molecule has 0 aromatic heterocycles. The molecule has 5 heteroatoms. The van der Waals surface area contributed by atoms with Gasteiger partial charge in [-0.2, -0.15) is 13.2 Å². The average molecular weight is 200 g/mol. The van der Waals surface area contributed by atoms with Crippen molar-refractivity contribution in [2.45, 2.75) is 45.1 Å². The van der Waals surface area contributed by atoms with E-state index in [0.29, 0.717) is 0 Å². The second-order valence-electron chi connectivity index (χ2n) is 3.97. The zero-order valence-electron chi connectivity index (χ0n) is 8.20. The van der Waals surface area contributed by atoms with Gasteiger partial charge in [0, 0.05) is 0 Å². The van der Waals surface area contributed by atoms with Crippen molar-refractivity contribution in [1.82, 2.24) is 0 Å². The van der Waals surface area contributed by atoms with Crippen LogP contribution in [0.2, 0.25) is 0 Å². The Kier molecular flexibility index (Phi) is 3.38. The van der Waals surface area contributed by atoms with Crippen LogP contribution in [-0.2, 0) is 4.74 Å². The summed E-state index contributed by atoms with van der Waals surface area (Å²) in [5.41, 5.74) is -2.53. The third kappa shape index (κ3) is 4.47. The van der Waals surface area contributed by atoms with Crippen LogP contribution in [0.1, 0.15) is 27.7 Å². The van der Waals surface area contributed by atoms with Crippen LogP contribution in [-0.4, -0.2) is 29.1 Å². The Bertz CT molecular complexity index is 167. The molecule has 0 heterocycles. The second-order valence-corrected chi connectivity index (χ2v) is 3.97. The van der Waals surface area contributed by atoms with Gasteiger partial charge < -0.3 is 9.84 Å². The lowest BCUT2D eigenvalue weighted by molar-refractivity contribution is -0.229. The number of ether oxygens (including phenoxy) is 1. The lowest BCUT2D eigenvalue weighted by Crippen LogP contribution is -2.48. The van der Waals surface area contributed by atoms with Crippen LogP contribution in [0.25, 0.3) is 0 Å². The number of hydrogen-bond acceptors (Lipinski definition) is 2. The largest absolute Gasteiger partial charge is 0.411 e. The predicted molar refractivity (Wildman–Crippen MR) is 42.4 cm³/mol. The summed E-state index contributed by atoms with van der Waals surface area (Å²) in [6.07, 6.45) is -4.36. The Hall–Kier alpha value is -0.290. The van der Waals surface area contributed by atoms with E-state index in [4.69, 9.17) is 0 Å². The summed E-state index contributed by atoms with van der Waals surface area (Å²) in [4.78, 5) is 0. The molecule has 0 aliphatic rings. The van der Waals surface area contributed by atoms with Gasteiger partial charge in [0.2, 0.25) is 0 Å². The molecule has 13 heavy (non-hydrogen) atoms. The van der Waals surface area contributed by atoms with Gasteiger partial charge in [0.25, 0.3) is 0 Å². The van der Waals surface area contributed by atoms with Crippen molar-refractivity contribution >= 4 is 0 Å². The Morgan fingerprint density at radius 3 is 1.69 bits per heavy atom. The van der Waals surface area contributed by atoms with Gasteiger partial charge in [0.15, 0.2) is 0 Å². The fraction of sp³-hybridized carbons (Fsp3) is 1.00. The molecule has 0 aliphatic heterocycles. The highest BCUT2D eigenvalue weighted by Gasteiger charge is 2.39. The number of hydrogen-bond donors (Lipinski definition) is 1. The second kappa shape index (κ2) is 3.46. The topological polar surface area (TPSA) is 29.5 Å². The van der Waals surface area contributed by atoms with E-state index in [0.717, 1.165) is 0 Å². The molecule has 2 nitrogen and oxygen atoms in total. The molecule has 0 amide bonds. The molecule has 0 aromatic carbocycles. The van der Waals surface area contributed by atoms with Crippen LogP contribution in [0, 0.1) is 0 Å². The first-order valence-electron chi connectivity index (χ1n) is 3.89. The highest BCUT2D eigenvalue weighted by atomic mass is 19.4. The first-order valence-corrected chi connectivity index (χ1v) is 3.89. The van der Waals surface area contributed by atoms with Crippen molar-refractivity contribution in [2.24, 2.45) is 0 Å². The van der Waals surface area contributed by atoms with Crippen LogP contribution in [0.5, 0.6) is 0 Å². The summed E-state index contributed by atoms with van der Waals surface area (Å²) >= 11 is 0. The standard InChI is InChI=1S/C8H15F3O2/c1-6(2,12)7(3,4)13-5-8(9,10)11/h12H,5H2,1-4H3. The summed E-state index contributed by atoms with van der Waals surface area (Å²) in [5, 5.41) is 9.45. The van der Waals surface area contributed by atoms with E-state index >= 15 is 0 Å². The van der Waals surface area contributed by atoms with Gasteiger partial charge in [-0.05, 0) is 27.7 Å². The zero-order chi connectivity index (χ0) is 10.9. The molecule has 0 spiro atoms. The maximum atomic E-state index is 11.8. The van der Waals surface area contributed by atoms with Gasteiger partial charge in [0.05, 0.1) is 11.2 Å². The summed E-state index contributed by atoms with van der Waals surface area (Å²) in [6.45, 7) is 4.30. The lowest BCUT2D eigenvalue weighted by atomic mass is 9.89. The molecular weight excluding hydrogens is 185 g/mol. The Morgan fingerprint density at radius 2 is 1.46 bits per heavy atom. The molecule has 0 rings (SSSR count). The van der Waals surface area contributed by atoms with Crippen molar-refractivity contribution in [3.8, 4) is 0 Å². The normalized spacial score (nSPS) is 14.8. The third-order valence-corrected chi connectivity index (χ3v) is 2.07. The molecule has 0 saturated carbocycles. The van der Waals surface area contributed by atoms with Crippen LogP contribution in [0.4, 0.5) is 13.2 Å². The van der Waals surface area contributed by atoms with Crippen LogP contribution < -0.4 is 0 Å². The minimum atomic E-state index is -4.36. The number of alkyl halides is 3. The Morgan fingerprint density at radius 1 is 1.08 bits per heavy atom. The van der Waals surface area contributed by atoms with E-state index in [9.17, 15) is 18.3 Å². The number of aliphatic hydroxyl groups is 1. The Labute approximate surface area is 75.7 Å². The average Bonchev–Trinajstić information content (AvgIpc) is 1.79. The zero-order valence-corrected chi connectivity index (χ0v) is 8.20. The van der Waals surface area contributed by atoms with E-state index in [-0.39, 0.29) is 0 Å². The smallest absolute Gasteiger partial charge is 0.387 e. The molecule has 0 saturated heterocycles. The number of halogens is 3. The molecular formula is C8H15F3O2. The van der Waals surface area contributed by atoms with E-state index in [2.05, 4.69) is 4.74 Å². The third-order valence-electron chi connectivity index (χ3n) is 2.07. The highest BCUT2D eigenvalue weighted by Crippen LogP contribution is 2.27. The fourth-order valence-corrected chi connectivity index (χ4v) is 0.439. The van der Waals surface area contributed by atoms with Gasteiger partial charge >= 0.3 is 6.18 Å². The van der Waals surface area contributed by atoms with E-state index in [1.165, 1.54) is 27.7 Å². The van der Waals surface area contributed by atoms with Crippen molar-refractivity contribution < 1.29 is 23.0 Å². The van der Waals surface area contributed by atoms with E-state index < -0.39 is 24.0 Å².